The Hall–Kier alpha value is -0.880. The van der Waals surface area contributed by atoms with Gasteiger partial charge in [0.2, 0.25) is 5.91 Å². The Kier molecular flexibility index (Phi) is 3.03. The predicted molar refractivity (Wildman–Crippen MR) is 60.2 cm³/mol. The van der Waals surface area contributed by atoms with Gasteiger partial charge in [0.1, 0.15) is 0 Å². The Balaban J connectivity index is 1.87. The van der Waals surface area contributed by atoms with E-state index >= 15 is 0 Å². The zero-order chi connectivity index (χ0) is 11.8. The fourth-order valence-electron chi connectivity index (χ4n) is 2.22. The Bertz CT molecular complexity index is 416. The number of nitrogens with two attached hydrogens (primary N) is 1. The summed E-state index contributed by atoms with van der Waals surface area (Å²) in [5.74, 6) is -0.135. The fraction of sp³-hybridized carbons (Fsp3) is 0.700. The van der Waals surface area contributed by atoms with Crippen molar-refractivity contribution in [1.29, 1.82) is 0 Å². The lowest BCUT2D eigenvalue weighted by Gasteiger charge is -2.14. The highest BCUT2D eigenvalue weighted by molar-refractivity contribution is 7.94. The van der Waals surface area contributed by atoms with Gasteiger partial charge in [-0.25, -0.2) is 8.42 Å². The molecular weight excluding hydrogens is 228 g/mol. The van der Waals surface area contributed by atoms with Crippen molar-refractivity contribution in [2.45, 2.75) is 31.3 Å². The first-order chi connectivity index (χ1) is 7.46. The minimum Gasteiger partial charge on any atom is -0.349 e. The van der Waals surface area contributed by atoms with Crippen molar-refractivity contribution in [2.75, 3.05) is 5.75 Å². The van der Waals surface area contributed by atoms with Crippen molar-refractivity contribution in [2.24, 2.45) is 11.7 Å². The van der Waals surface area contributed by atoms with Gasteiger partial charge in [0.15, 0.2) is 9.84 Å². The van der Waals surface area contributed by atoms with E-state index < -0.39 is 9.84 Å². The minimum absolute atomic E-state index is 0.0164. The van der Waals surface area contributed by atoms with Gasteiger partial charge in [-0.05, 0) is 25.3 Å². The quantitative estimate of drug-likeness (QED) is 0.688. The largest absolute Gasteiger partial charge is 0.349 e. The fourth-order valence-corrected chi connectivity index (χ4v) is 3.46. The van der Waals surface area contributed by atoms with Crippen molar-refractivity contribution in [1.82, 2.24) is 5.32 Å². The van der Waals surface area contributed by atoms with Crippen LogP contribution in [0.2, 0.25) is 0 Å². The van der Waals surface area contributed by atoms with Gasteiger partial charge in [0.05, 0.1) is 11.8 Å². The third-order valence-electron chi connectivity index (χ3n) is 3.10. The molecule has 0 spiro atoms. The van der Waals surface area contributed by atoms with E-state index in [4.69, 9.17) is 5.73 Å². The summed E-state index contributed by atoms with van der Waals surface area (Å²) in [5.41, 5.74) is 5.72. The van der Waals surface area contributed by atoms with E-state index in [1.165, 1.54) is 11.5 Å². The number of carbonyl (C=O) groups is 1. The SMILES string of the molecule is NC1CCC(C(=O)NC2C=CS(=O)(=O)C2)C1. The Morgan fingerprint density at radius 3 is 2.62 bits per heavy atom. The van der Waals surface area contributed by atoms with Crippen molar-refractivity contribution >= 4 is 15.7 Å². The summed E-state index contributed by atoms with van der Waals surface area (Å²) in [6.45, 7) is 0. The van der Waals surface area contributed by atoms with Crippen LogP contribution in [0.25, 0.3) is 0 Å². The molecule has 1 aliphatic carbocycles. The van der Waals surface area contributed by atoms with Crippen molar-refractivity contribution in [3.05, 3.63) is 11.5 Å². The van der Waals surface area contributed by atoms with Gasteiger partial charge < -0.3 is 11.1 Å². The molecule has 2 aliphatic rings. The smallest absolute Gasteiger partial charge is 0.223 e. The van der Waals surface area contributed by atoms with Crippen LogP contribution in [0.5, 0.6) is 0 Å². The average Bonchev–Trinajstić information content (AvgIpc) is 2.73. The zero-order valence-corrected chi connectivity index (χ0v) is 9.74. The zero-order valence-electron chi connectivity index (χ0n) is 8.93. The van der Waals surface area contributed by atoms with Crippen molar-refractivity contribution in [3.63, 3.8) is 0 Å². The molecule has 0 aromatic carbocycles. The monoisotopic (exact) mass is 244 g/mol. The van der Waals surface area contributed by atoms with Crippen molar-refractivity contribution < 1.29 is 13.2 Å². The van der Waals surface area contributed by atoms with E-state index in [1.807, 2.05) is 0 Å². The molecule has 3 atom stereocenters. The lowest BCUT2D eigenvalue weighted by atomic mass is 10.1. The summed E-state index contributed by atoms with van der Waals surface area (Å²) < 4.78 is 22.3. The van der Waals surface area contributed by atoms with Crippen LogP contribution in [0, 0.1) is 5.92 Å². The number of nitrogens with one attached hydrogen (secondary N) is 1. The molecule has 0 bridgehead atoms. The van der Waals surface area contributed by atoms with E-state index in [0.717, 1.165) is 12.8 Å². The standard InChI is InChI=1S/C10H16N2O3S/c11-8-2-1-7(5-8)10(13)12-9-3-4-16(14,15)6-9/h3-4,7-9H,1-2,5-6,11H2,(H,12,13). The molecule has 0 aromatic rings. The highest BCUT2D eigenvalue weighted by Gasteiger charge is 2.30. The summed E-state index contributed by atoms with van der Waals surface area (Å²) in [7, 11) is -3.10. The highest BCUT2D eigenvalue weighted by Crippen LogP contribution is 2.24. The van der Waals surface area contributed by atoms with Crippen LogP contribution >= 0.6 is 0 Å². The van der Waals surface area contributed by atoms with Crippen LogP contribution in [0.15, 0.2) is 11.5 Å². The Labute approximate surface area is 95.0 Å². The van der Waals surface area contributed by atoms with E-state index in [1.54, 1.807) is 0 Å². The molecule has 5 nitrogen and oxygen atoms in total. The number of sulfone groups is 1. The summed E-state index contributed by atoms with van der Waals surface area (Å²) in [4.78, 5) is 11.8. The molecule has 1 amide bonds. The number of amides is 1. The molecule has 0 radical (unpaired) electrons. The minimum atomic E-state index is -3.10. The average molecular weight is 244 g/mol. The molecule has 1 heterocycles. The molecule has 3 N–H and O–H groups in total. The highest BCUT2D eigenvalue weighted by atomic mass is 32.2. The Morgan fingerprint density at radius 2 is 2.12 bits per heavy atom. The van der Waals surface area contributed by atoms with Crippen molar-refractivity contribution in [3.8, 4) is 0 Å². The van der Waals surface area contributed by atoms with Gasteiger partial charge in [-0.2, -0.15) is 0 Å². The molecule has 2 rings (SSSR count). The summed E-state index contributed by atoms with van der Waals surface area (Å²) in [6, 6.07) is -0.257. The second-order valence-electron chi connectivity index (χ2n) is 4.54. The molecule has 3 unspecified atom stereocenters. The molecule has 1 saturated carbocycles. The normalized spacial score (nSPS) is 36.4. The molecule has 1 aliphatic heterocycles. The molecular formula is C10H16N2O3S. The van der Waals surface area contributed by atoms with Crippen LogP contribution < -0.4 is 11.1 Å². The second kappa shape index (κ2) is 4.18. The van der Waals surface area contributed by atoms with Gasteiger partial charge in [-0.3, -0.25) is 4.79 Å². The summed E-state index contributed by atoms with van der Waals surface area (Å²) in [6.07, 6.45) is 3.91. The third-order valence-corrected chi connectivity index (χ3v) is 4.50. The van der Waals surface area contributed by atoms with Gasteiger partial charge in [-0.15, -0.1) is 0 Å². The van der Waals surface area contributed by atoms with Gasteiger partial charge in [0, 0.05) is 17.4 Å². The van der Waals surface area contributed by atoms with Gasteiger partial charge in [0.25, 0.3) is 0 Å². The topological polar surface area (TPSA) is 89.3 Å². The first-order valence-electron chi connectivity index (χ1n) is 5.43. The van der Waals surface area contributed by atoms with Crippen LogP contribution in [-0.2, 0) is 14.6 Å². The number of hydrogen-bond acceptors (Lipinski definition) is 4. The lowest BCUT2D eigenvalue weighted by Crippen LogP contribution is -2.39. The van der Waals surface area contributed by atoms with E-state index in [2.05, 4.69) is 5.32 Å². The maximum atomic E-state index is 11.8. The maximum Gasteiger partial charge on any atom is 0.223 e. The number of rotatable bonds is 2. The van der Waals surface area contributed by atoms with E-state index in [0.29, 0.717) is 6.42 Å². The van der Waals surface area contributed by atoms with Crippen LogP contribution in [0.4, 0.5) is 0 Å². The summed E-state index contributed by atoms with van der Waals surface area (Å²) in [5, 5.41) is 3.90. The lowest BCUT2D eigenvalue weighted by molar-refractivity contribution is -0.125. The molecule has 0 saturated heterocycles. The van der Waals surface area contributed by atoms with E-state index in [-0.39, 0.29) is 29.7 Å². The van der Waals surface area contributed by atoms with E-state index in [9.17, 15) is 13.2 Å². The molecule has 90 valence electrons. The maximum absolute atomic E-state index is 11.8. The first kappa shape index (κ1) is 11.6. The second-order valence-corrected chi connectivity index (χ2v) is 6.47. The molecule has 6 heteroatoms. The first-order valence-corrected chi connectivity index (χ1v) is 7.15. The number of carbonyl (C=O) groups excluding carboxylic acids is 1. The molecule has 1 fully saturated rings. The van der Waals surface area contributed by atoms with Gasteiger partial charge >= 0.3 is 0 Å². The summed E-state index contributed by atoms with van der Waals surface area (Å²) >= 11 is 0. The third kappa shape index (κ3) is 2.62. The molecule has 16 heavy (non-hydrogen) atoms. The molecule has 0 aromatic heterocycles. The van der Waals surface area contributed by atoms with Gasteiger partial charge in [-0.1, -0.05) is 0 Å². The Morgan fingerprint density at radius 1 is 1.38 bits per heavy atom. The van der Waals surface area contributed by atoms with Crippen LogP contribution in [0.3, 0.4) is 0 Å². The van der Waals surface area contributed by atoms with Crippen LogP contribution in [0.1, 0.15) is 19.3 Å². The van der Waals surface area contributed by atoms with Crippen LogP contribution in [-0.4, -0.2) is 32.2 Å². The predicted octanol–water partition coefficient (Wildman–Crippen LogP) is -0.459. The number of hydrogen-bond donors (Lipinski definition) is 2.